The molecular formula is C16H19N3O4S. The molecule has 0 spiro atoms. The van der Waals surface area contributed by atoms with Gasteiger partial charge in [0.05, 0.1) is 12.2 Å². The molecule has 2 rings (SSSR count). The van der Waals surface area contributed by atoms with E-state index in [0.29, 0.717) is 17.2 Å². The second-order valence-electron chi connectivity index (χ2n) is 5.00. The molecule has 0 saturated carbocycles. The normalized spacial score (nSPS) is 10.5. The number of amides is 2. The number of methoxy groups -OCH3 is 1. The maximum atomic E-state index is 12.6. The summed E-state index contributed by atoms with van der Waals surface area (Å²) in [4.78, 5) is 29.2. The zero-order valence-corrected chi connectivity index (χ0v) is 14.5. The highest BCUT2D eigenvalue weighted by atomic mass is 32.1. The summed E-state index contributed by atoms with van der Waals surface area (Å²) in [5.41, 5.74) is 6.79. The van der Waals surface area contributed by atoms with Gasteiger partial charge in [0.15, 0.2) is 0 Å². The number of aryl methyl sites for hydroxylation is 1. The molecule has 2 aromatic rings. The van der Waals surface area contributed by atoms with Gasteiger partial charge in [0.25, 0.3) is 11.8 Å². The van der Waals surface area contributed by atoms with Crippen molar-refractivity contribution in [3.8, 4) is 5.88 Å². The molecular weight excluding hydrogens is 330 g/mol. The molecule has 0 unspecified atom stereocenters. The van der Waals surface area contributed by atoms with E-state index in [0.717, 1.165) is 10.4 Å². The predicted octanol–water partition coefficient (Wildman–Crippen LogP) is 2.14. The van der Waals surface area contributed by atoms with E-state index in [2.05, 4.69) is 10.3 Å². The number of pyridine rings is 1. The van der Waals surface area contributed by atoms with Gasteiger partial charge in [-0.15, -0.1) is 11.3 Å². The summed E-state index contributed by atoms with van der Waals surface area (Å²) in [5, 5.41) is 3.15. The largest absolute Gasteiger partial charge is 0.475 e. The number of carbonyl (C=O) groups excluding carboxylic acids is 2. The fourth-order valence-corrected chi connectivity index (χ4v) is 3.14. The van der Waals surface area contributed by atoms with Crippen molar-refractivity contribution in [2.45, 2.75) is 13.8 Å². The molecule has 128 valence electrons. The number of anilines is 1. The van der Waals surface area contributed by atoms with Crippen LogP contribution in [0.2, 0.25) is 0 Å². The highest BCUT2D eigenvalue weighted by Gasteiger charge is 2.21. The third-order valence-electron chi connectivity index (χ3n) is 3.40. The van der Waals surface area contributed by atoms with Crippen LogP contribution in [-0.2, 0) is 4.74 Å². The first kappa shape index (κ1) is 17.9. The van der Waals surface area contributed by atoms with Crippen molar-refractivity contribution in [2.75, 3.05) is 25.6 Å². The van der Waals surface area contributed by atoms with E-state index in [4.69, 9.17) is 15.2 Å². The van der Waals surface area contributed by atoms with Crippen molar-refractivity contribution in [3.05, 3.63) is 39.9 Å². The van der Waals surface area contributed by atoms with Crippen molar-refractivity contribution in [3.63, 3.8) is 0 Å². The van der Waals surface area contributed by atoms with Gasteiger partial charge in [-0.05, 0) is 31.5 Å². The van der Waals surface area contributed by atoms with E-state index < -0.39 is 11.8 Å². The molecule has 8 heteroatoms. The highest BCUT2D eigenvalue weighted by molar-refractivity contribution is 7.16. The second-order valence-corrected chi connectivity index (χ2v) is 6.23. The number of aromatic nitrogens is 1. The Bertz CT molecular complexity index is 758. The lowest BCUT2D eigenvalue weighted by atomic mass is 10.1. The first-order valence-corrected chi connectivity index (χ1v) is 8.05. The zero-order valence-electron chi connectivity index (χ0n) is 13.7. The minimum Gasteiger partial charge on any atom is -0.475 e. The summed E-state index contributed by atoms with van der Waals surface area (Å²) < 4.78 is 10.4. The lowest BCUT2D eigenvalue weighted by molar-refractivity contribution is 0.100. The Hall–Kier alpha value is -2.45. The Balaban J connectivity index is 2.25. The number of carbonyl (C=O) groups is 2. The molecule has 0 aliphatic carbocycles. The topological polar surface area (TPSA) is 104 Å². The number of ether oxygens (including phenoxy) is 2. The Labute approximate surface area is 143 Å². The quantitative estimate of drug-likeness (QED) is 0.745. The van der Waals surface area contributed by atoms with E-state index >= 15 is 0 Å². The van der Waals surface area contributed by atoms with Gasteiger partial charge in [0.2, 0.25) is 5.88 Å². The van der Waals surface area contributed by atoms with Crippen LogP contribution in [0.25, 0.3) is 0 Å². The van der Waals surface area contributed by atoms with E-state index in [9.17, 15) is 9.59 Å². The lowest BCUT2D eigenvalue weighted by Gasteiger charge is -2.10. The van der Waals surface area contributed by atoms with Crippen LogP contribution in [0.15, 0.2) is 18.3 Å². The number of nitrogens with one attached hydrogen (secondary N) is 1. The number of primary amides is 1. The van der Waals surface area contributed by atoms with Crippen LogP contribution >= 0.6 is 11.3 Å². The van der Waals surface area contributed by atoms with Gasteiger partial charge in [0, 0.05) is 18.2 Å². The third-order valence-corrected chi connectivity index (χ3v) is 4.52. The SMILES string of the molecule is COCCOc1ncccc1C(=O)Nc1sc(C)c(C)c1C(N)=O. The van der Waals surface area contributed by atoms with E-state index in [1.165, 1.54) is 17.5 Å². The third kappa shape index (κ3) is 3.90. The first-order chi connectivity index (χ1) is 11.5. The zero-order chi connectivity index (χ0) is 17.7. The molecule has 7 nitrogen and oxygen atoms in total. The van der Waals surface area contributed by atoms with Gasteiger partial charge in [-0.3, -0.25) is 9.59 Å². The monoisotopic (exact) mass is 349 g/mol. The summed E-state index contributed by atoms with van der Waals surface area (Å²) >= 11 is 1.31. The molecule has 0 bridgehead atoms. The predicted molar refractivity (Wildman–Crippen MR) is 91.9 cm³/mol. The number of thiophene rings is 1. The number of nitrogens with zero attached hydrogens (tertiary/aromatic N) is 1. The van der Waals surface area contributed by atoms with Crippen LogP contribution < -0.4 is 15.8 Å². The van der Waals surface area contributed by atoms with Crippen molar-refractivity contribution in [1.82, 2.24) is 4.98 Å². The molecule has 24 heavy (non-hydrogen) atoms. The number of hydrogen-bond acceptors (Lipinski definition) is 6. The fraction of sp³-hybridized carbons (Fsp3) is 0.312. The molecule has 2 amide bonds. The molecule has 0 atom stereocenters. The van der Waals surface area contributed by atoms with Crippen LogP contribution in [0.4, 0.5) is 5.00 Å². The summed E-state index contributed by atoms with van der Waals surface area (Å²) in [6, 6.07) is 3.24. The lowest BCUT2D eigenvalue weighted by Crippen LogP contribution is -2.18. The van der Waals surface area contributed by atoms with Crippen LogP contribution in [0.3, 0.4) is 0 Å². The smallest absolute Gasteiger partial charge is 0.261 e. The van der Waals surface area contributed by atoms with Crippen LogP contribution in [-0.4, -0.2) is 37.1 Å². The van der Waals surface area contributed by atoms with E-state index in [1.54, 1.807) is 26.2 Å². The molecule has 0 aliphatic rings. The van der Waals surface area contributed by atoms with Gasteiger partial charge in [-0.2, -0.15) is 0 Å². The molecule has 2 heterocycles. The Morgan fingerprint density at radius 3 is 2.75 bits per heavy atom. The first-order valence-electron chi connectivity index (χ1n) is 7.23. The molecule has 2 aromatic heterocycles. The molecule has 0 aliphatic heterocycles. The van der Waals surface area contributed by atoms with Crippen molar-refractivity contribution < 1.29 is 19.1 Å². The summed E-state index contributed by atoms with van der Waals surface area (Å²) in [5.74, 6) is -0.785. The molecule has 0 fully saturated rings. The summed E-state index contributed by atoms with van der Waals surface area (Å²) in [7, 11) is 1.56. The molecule has 3 N–H and O–H groups in total. The molecule has 0 saturated heterocycles. The Kier molecular flexibility index (Phi) is 5.88. The Morgan fingerprint density at radius 1 is 1.33 bits per heavy atom. The second kappa shape index (κ2) is 7.89. The Morgan fingerprint density at radius 2 is 2.08 bits per heavy atom. The standard InChI is InChI=1S/C16H19N3O4S/c1-9-10(2)24-16(12(9)13(17)20)19-14(21)11-5-4-6-18-15(11)23-8-7-22-3/h4-6H,7-8H2,1-3H3,(H2,17,20)(H,19,21). The van der Waals surface area contributed by atoms with Crippen molar-refractivity contribution in [2.24, 2.45) is 5.73 Å². The van der Waals surface area contributed by atoms with E-state index in [1.807, 2.05) is 6.92 Å². The molecule has 0 aromatic carbocycles. The van der Waals surface area contributed by atoms with Gasteiger partial charge in [0.1, 0.15) is 17.2 Å². The average molecular weight is 349 g/mol. The van der Waals surface area contributed by atoms with Gasteiger partial charge in [-0.1, -0.05) is 0 Å². The maximum absolute atomic E-state index is 12.6. The van der Waals surface area contributed by atoms with Gasteiger partial charge < -0.3 is 20.5 Å². The highest BCUT2D eigenvalue weighted by Crippen LogP contribution is 2.32. The minimum absolute atomic E-state index is 0.206. The van der Waals surface area contributed by atoms with Crippen LogP contribution in [0.5, 0.6) is 5.88 Å². The average Bonchev–Trinajstić information content (AvgIpc) is 2.82. The number of nitrogens with two attached hydrogens (primary N) is 1. The van der Waals surface area contributed by atoms with Crippen LogP contribution in [0.1, 0.15) is 31.2 Å². The fourth-order valence-electron chi connectivity index (χ4n) is 2.08. The molecule has 0 radical (unpaired) electrons. The van der Waals surface area contributed by atoms with Crippen LogP contribution in [0, 0.1) is 13.8 Å². The summed E-state index contributed by atoms with van der Waals surface area (Å²) in [6.07, 6.45) is 1.53. The minimum atomic E-state index is -0.574. The van der Waals surface area contributed by atoms with Crippen molar-refractivity contribution in [1.29, 1.82) is 0 Å². The van der Waals surface area contributed by atoms with Gasteiger partial charge >= 0.3 is 0 Å². The number of hydrogen-bond donors (Lipinski definition) is 2. The summed E-state index contributed by atoms with van der Waals surface area (Å²) in [6.45, 7) is 4.32. The van der Waals surface area contributed by atoms with Crippen molar-refractivity contribution >= 4 is 28.2 Å². The number of rotatable bonds is 7. The van der Waals surface area contributed by atoms with E-state index in [-0.39, 0.29) is 18.1 Å². The van der Waals surface area contributed by atoms with Gasteiger partial charge in [-0.25, -0.2) is 4.98 Å². The maximum Gasteiger partial charge on any atom is 0.261 e.